The van der Waals surface area contributed by atoms with Crippen LogP contribution in [0.2, 0.25) is 0 Å². The average Bonchev–Trinajstić information content (AvgIpc) is 3.11. The number of H-pyrrole nitrogens is 1. The lowest BCUT2D eigenvalue weighted by atomic mass is 10.1. The number of fused-ring (bicyclic) bond motifs is 1. The van der Waals surface area contributed by atoms with Gasteiger partial charge in [-0.1, -0.05) is 36.4 Å². The van der Waals surface area contributed by atoms with E-state index in [1.165, 1.54) is 0 Å². The van der Waals surface area contributed by atoms with E-state index in [-0.39, 0.29) is 22.5 Å². The van der Waals surface area contributed by atoms with Gasteiger partial charge in [-0.15, -0.1) is 0 Å². The molecule has 2 N–H and O–H groups in total. The molecule has 1 amide bonds. The fraction of sp³-hybridized carbons (Fsp3) is 0.174. The Kier molecular flexibility index (Phi) is 5.44. The molecule has 0 spiro atoms. The summed E-state index contributed by atoms with van der Waals surface area (Å²) in [5, 5.41) is 2.85. The Morgan fingerprint density at radius 1 is 1.06 bits per heavy atom. The Morgan fingerprint density at radius 2 is 1.77 bits per heavy atom. The molecule has 0 fully saturated rings. The number of rotatable bonds is 6. The Hall–Kier alpha value is -4.07. The van der Waals surface area contributed by atoms with Crippen LogP contribution in [0.4, 0.5) is 0 Å². The van der Waals surface area contributed by atoms with Crippen LogP contribution in [-0.4, -0.2) is 33.7 Å². The molecular weight excluding hydrogens is 396 g/mol. The van der Waals surface area contributed by atoms with E-state index in [1.54, 1.807) is 55.3 Å². The van der Waals surface area contributed by atoms with Crippen LogP contribution in [0, 0.1) is 0 Å². The highest BCUT2D eigenvalue weighted by molar-refractivity contribution is 6.05. The lowest BCUT2D eigenvalue weighted by Crippen LogP contribution is -2.34. The lowest BCUT2D eigenvalue weighted by molar-refractivity contribution is 0.0955. The first-order valence-electron chi connectivity index (χ1n) is 9.81. The van der Waals surface area contributed by atoms with Gasteiger partial charge in [0, 0.05) is 19.8 Å². The van der Waals surface area contributed by atoms with Gasteiger partial charge >= 0.3 is 5.69 Å². The fourth-order valence-electron chi connectivity index (χ4n) is 3.67. The van der Waals surface area contributed by atoms with Crippen LogP contribution in [0.1, 0.15) is 15.9 Å². The van der Waals surface area contributed by atoms with E-state index in [4.69, 9.17) is 4.74 Å². The third-order valence-electron chi connectivity index (χ3n) is 5.15. The van der Waals surface area contributed by atoms with Crippen LogP contribution in [0.3, 0.4) is 0 Å². The summed E-state index contributed by atoms with van der Waals surface area (Å²) >= 11 is 0. The van der Waals surface area contributed by atoms with Crippen molar-refractivity contribution in [3.05, 3.63) is 92.8 Å². The van der Waals surface area contributed by atoms with Crippen molar-refractivity contribution in [3.8, 4) is 11.4 Å². The fourth-order valence-corrected chi connectivity index (χ4v) is 3.67. The van der Waals surface area contributed by atoms with E-state index in [0.29, 0.717) is 18.7 Å². The van der Waals surface area contributed by atoms with Crippen molar-refractivity contribution in [1.29, 1.82) is 0 Å². The molecule has 4 aromatic rings. The Balaban J connectivity index is 1.64. The first-order valence-corrected chi connectivity index (χ1v) is 9.81. The zero-order valence-electron chi connectivity index (χ0n) is 17.2. The highest BCUT2D eigenvalue weighted by Crippen LogP contribution is 2.18. The molecule has 0 radical (unpaired) electrons. The smallest absolute Gasteiger partial charge is 0.333 e. The zero-order chi connectivity index (χ0) is 22.0. The Morgan fingerprint density at radius 3 is 2.52 bits per heavy atom. The minimum atomic E-state index is -0.599. The van der Waals surface area contributed by atoms with Crippen LogP contribution < -0.4 is 21.3 Å². The second-order valence-electron chi connectivity index (χ2n) is 7.10. The molecule has 2 heterocycles. The maximum atomic E-state index is 13.1. The summed E-state index contributed by atoms with van der Waals surface area (Å²) in [5.41, 5.74) is 1.06. The number of hydrogen-bond donors (Lipinski definition) is 2. The summed E-state index contributed by atoms with van der Waals surface area (Å²) < 4.78 is 7.95. The molecule has 4 rings (SSSR count). The summed E-state index contributed by atoms with van der Waals surface area (Å²) in [6.07, 6.45) is 2.13. The molecule has 0 atom stereocenters. The van der Waals surface area contributed by atoms with Crippen LogP contribution >= 0.6 is 0 Å². The molecule has 0 saturated heterocycles. The van der Waals surface area contributed by atoms with Crippen molar-refractivity contribution in [3.63, 3.8) is 0 Å². The molecule has 0 bridgehead atoms. The first kappa shape index (κ1) is 20.2. The molecular formula is C23H22N4O4. The van der Waals surface area contributed by atoms with Crippen molar-refractivity contribution in [1.82, 2.24) is 19.4 Å². The maximum absolute atomic E-state index is 13.1. The minimum Gasteiger partial charge on any atom is -0.496 e. The van der Waals surface area contributed by atoms with Gasteiger partial charge in [0.05, 0.1) is 23.9 Å². The largest absolute Gasteiger partial charge is 0.496 e. The number of nitrogens with zero attached hydrogens (tertiary/aromatic N) is 2. The number of aromatic amines is 1. The molecule has 31 heavy (non-hydrogen) atoms. The number of carbonyl (C=O) groups excluding carboxylic acids is 1. The highest BCUT2D eigenvalue weighted by Gasteiger charge is 2.20. The highest BCUT2D eigenvalue weighted by atomic mass is 16.5. The molecule has 2 aromatic heterocycles. The molecule has 0 aliphatic rings. The van der Waals surface area contributed by atoms with Gasteiger partial charge in [0.25, 0.3) is 11.5 Å². The summed E-state index contributed by atoms with van der Waals surface area (Å²) in [7, 11) is 3.27. The van der Waals surface area contributed by atoms with E-state index < -0.39 is 11.2 Å². The third kappa shape index (κ3) is 3.75. The SMILES string of the molecule is COc1ccccc1CCNC(=O)c1cn(C)c2c(=O)n(-c3ccccc3)c(=O)[nH]c12. The second-order valence-corrected chi connectivity index (χ2v) is 7.10. The van der Waals surface area contributed by atoms with E-state index in [0.717, 1.165) is 15.9 Å². The van der Waals surface area contributed by atoms with Gasteiger partial charge in [-0.25, -0.2) is 9.36 Å². The van der Waals surface area contributed by atoms with Gasteiger partial charge < -0.3 is 19.6 Å². The number of para-hydroxylation sites is 2. The molecule has 0 aliphatic carbocycles. The molecule has 0 saturated carbocycles. The van der Waals surface area contributed by atoms with Crippen LogP contribution in [-0.2, 0) is 13.5 Å². The molecule has 0 unspecified atom stereocenters. The minimum absolute atomic E-state index is 0.222. The molecule has 2 aromatic carbocycles. The summed E-state index contributed by atoms with van der Waals surface area (Å²) in [6.45, 7) is 0.376. The van der Waals surface area contributed by atoms with Crippen LogP contribution in [0.15, 0.2) is 70.4 Å². The standard InChI is InChI=1S/C23H22N4O4/c1-26-14-17(21(28)24-13-12-15-8-6-7-11-18(15)31-2)19-20(26)22(29)27(23(30)25-19)16-9-4-3-5-10-16/h3-11,14H,12-13H2,1-2H3,(H,24,28)(H,25,30). The second kappa shape index (κ2) is 8.35. The van der Waals surface area contributed by atoms with Crippen molar-refractivity contribution in [2.75, 3.05) is 13.7 Å². The third-order valence-corrected chi connectivity index (χ3v) is 5.15. The molecule has 8 heteroatoms. The van der Waals surface area contributed by atoms with Crippen LogP contribution in [0.5, 0.6) is 5.75 Å². The first-order chi connectivity index (χ1) is 15.0. The number of hydrogen-bond acceptors (Lipinski definition) is 4. The number of amides is 1. The number of nitrogens with one attached hydrogen (secondary N) is 2. The number of carbonyl (C=O) groups is 1. The van der Waals surface area contributed by atoms with E-state index >= 15 is 0 Å². The number of benzene rings is 2. The lowest BCUT2D eigenvalue weighted by Gasteiger charge is -2.09. The quantitative estimate of drug-likeness (QED) is 0.500. The predicted octanol–water partition coefficient (Wildman–Crippen LogP) is 2.00. The summed E-state index contributed by atoms with van der Waals surface area (Å²) in [4.78, 5) is 41.2. The van der Waals surface area contributed by atoms with Gasteiger partial charge in [0.15, 0.2) is 0 Å². The van der Waals surface area contributed by atoms with Crippen molar-refractivity contribution >= 4 is 16.9 Å². The zero-order valence-corrected chi connectivity index (χ0v) is 17.2. The maximum Gasteiger partial charge on any atom is 0.333 e. The number of ether oxygens (including phenoxy) is 1. The Labute approximate surface area is 177 Å². The topological polar surface area (TPSA) is 98.1 Å². The van der Waals surface area contributed by atoms with E-state index in [9.17, 15) is 14.4 Å². The number of aromatic nitrogens is 3. The Bertz CT molecular complexity index is 1370. The van der Waals surface area contributed by atoms with Gasteiger partial charge in [-0.3, -0.25) is 9.59 Å². The number of aryl methyl sites for hydroxylation is 1. The summed E-state index contributed by atoms with van der Waals surface area (Å²) in [5.74, 6) is 0.390. The predicted molar refractivity (Wildman–Crippen MR) is 118 cm³/mol. The van der Waals surface area contributed by atoms with E-state index in [2.05, 4.69) is 10.3 Å². The monoisotopic (exact) mass is 418 g/mol. The molecule has 158 valence electrons. The average molecular weight is 418 g/mol. The van der Waals surface area contributed by atoms with Gasteiger partial charge in [0.2, 0.25) is 0 Å². The van der Waals surface area contributed by atoms with Crippen molar-refractivity contribution < 1.29 is 9.53 Å². The van der Waals surface area contributed by atoms with Crippen molar-refractivity contribution in [2.24, 2.45) is 7.05 Å². The van der Waals surface area contributed by atoms with Crippen molar-refractivity contribution in [2.45, 2.75) is 6.42 Å². The van der Waals surface area contributed by atoms with Gasteiger partial charge in [-0.05, 0) is 30.2 Å². The summed E-state index contributed by atoms with van der Waals surface area (Å²) in [6, 6.07) is 16.2. The van der Waals surface area contributed by atoms with Crippen LogP contribution in [0.25, 0.3) is 16.7 Å². The van der Waals surface area contributed by atoms with Gasteiger partial charge in [-0.2, -0.15) is 0 Å². The van der Waals surface area contributed by atoms with E-state index in [1.807, 2.05) is 24.3 Å². The number of methoxy groups -OCH3 is 1. The van der Waals surface area contributed by atoms with Gasteiger partial charge in [0.1, 0.15) is 11.3 Å². The normalized spacial score (nSPS) is 10.9. The molecule has 0 aliphatic heterocycles. The molecule has 8 nitrogen and oxygen atoms in total.